The van der Waals surface area contributed by atoms with Gasteiger partial charge in [0.25, 0.3) is 10.0 Å². The lowest BCUT2D eigenvalue weighted by atomic mass is 10.2. The molecule has 116 valence electrons. The normalized spacial score (nSPS) is 11.8. The summed E-state index contributed by atoms with van der Waals surface area (Å²) in [6, 6.07) is 8.28. The zero-order chi connectivity index (χ0) is 16.3. The number of nitrogens with zero attached hydrogens (tertiary/aromatic N) is 1. The molecule has 0 fully saturated rings. The lowest BCUT2D eigenvalue weighted by molar-refractivity contribution is 0.577. The number of rotatable bonds is 4. The Balaban J connectivity index is 2.27. The van der Waals surface area contributed by atoms with E-state index >= 15 is 0 Å². The molecule has 2 rings (SSSR count). The highest BCUT2D eigenvalue weighted by atomic mass is 32.2. The first-order chi connectivity index (χ1) is 10.3. The Morgan fingerprint density at radius 1 is 1.09 bits per heavy atom. The molecule has 2 aromatic rings. The van der Waals surface area contributed by atoms with E-state index in [9.17, 15) is 17.2 Å². The van der Waals surface area contributed by atoms with Gasteiger partial charge in [-0.15, -0.1) is 0 Å². The Kier molecular flexibility index (Phi) is 4.56. The van der Waals surface area contributed by atoms with Crippen LogP contribution in [0.25, 0.3) is 0 Å². The van der Waals surface area contributed by atoms with E-state index in [0.717, 1.165) is 23.9 Å². The Hall–Kier alpha value is -2.28. The summed E-state index contributed by atoms with van der Waals surface area (Å²) in [5.74, 6) is -1.65. The van der Waals surface area contributed by atoms with Gasteiger partial charge in [0.05, 0.1) is 16.7 Å². The minimum absolute atomic E-state index is 0.0682. The van der Waals surface area contributed by atoms with Crippen molar-refractivity contribution < 1.29 is 17.2 Å². The third kappa shape index (κ3) is 3.48. The van der Waals surface area contributed by atoms with Gasteiger partial charge < -0.3 is 0 Å². The molecule has 0 aromatic heterocycles. The number of halogens is 2. The average molecular weight is 324 g/mol. The zero-order valence-corrected chi connectivity index (χ0v) is 12.8. The van der Waals surface area contributed by atoms with E-state index in [2.05, 4.69) is 5.10 Å². The van der Waals surface area contributed by atoms with Gasteiger partial charge in [0, 0.05) is 0 Å². The molecule has 0 aliphatic heterocycles. The standard InChI is InChI=1S/C15H14F2N2O2S/c1-10-6-7-11(2)15(8-10)22(20,21)19-18-9-12-13(16)4-3-5-14(12)17/h3-9,19H,1-2H3/b18-9-. The molecule has 0 heterocycles. The van der Waals surface area contributed by atoms with Gasteiger partial charge in [-0.2, -0.15) is 13.5 Å². The molecule has 0 amide bonds. The second-order valence-electron chi connectivity index (χ2n) is 4.76. The summed E-state index contributed by atoms with van der Waals surface area (Å²) < 4.78 is 51.1. The Morgan fingerprint density at radius 2 is 1.73 bits per heavy atom. The van der Waals surface area contributed by atoms with Crippen LogP contribution >= 0.6 is 0 Å². The van der Waals surface area contributed by atoms with Crippen LogP contribution in [0.15, 0.2) is 46.4 Å². The van der Waals surface area contributed by atoms with Gasteiger partial charge in [0.1, 0.15) is 11.6 Å². The maximum absolute atomic E-state index is 13.4. The van der Waals surface area contributed by atoms with Crippen LogP contribution in [0.1, 0.15) is 16.7 Å². The predicted molar refractivity (Wildman–Crippen MR) is 80.2 cm³/mol. The highest BCUT2D eigenvalue weighted by molar-refractivity contribution is 7.89. The lowest BCUT2D eigenvalue weighted by Crippen LogP contribution is -2.19. The molecule has 0 saturated carbocycles. The van der Waals surface area contributed by atoms with Crippen LogP contribution < -0.4 is 4.83 Å². The highest BCUT2D eigenvalue weighted by Crippen LogP contribution is 2.16. The molecule has 0 radical (unpaired) electrons. The molecule has 7 heteroatoms. The van der Waals surface area contributed by atoms with E-state index in [1.54, 1.807) is 26.0 Å². The predicted octanol–water partition coefficient (Wildman–Crippen LogP) is 2.89. The average Bonchev–Trinajstić information content (AvgIpc) is 2.44. The number of nitrogens with one attached hydrogen (secondary N) is 1. The summed E-state index contributed by atoms with van der Waals surface area (Å²) in [5, 5.41) is 3.44. The molecule has 0 spiro atoms. The summed E-state index contributed by atoms with van der Waals surface area (Å²) in [6.45, 7) is 3.41. The summed E-state index contributed by atoms with van der Waals surface area (Å²) in [4.78, 5) is 2.02. The SMILES string of the molecule is Cc1ccc(C)c(S(=O)(=O)N/N=C\c2c(F)cccc2F)c1. The Labute approximate surface area is 127 Å². The van der Waals surface area contributed by atoms with Crippen molar-refractivity contribution >= 4 is 16.2 Å². The topological polar surface area (TPSA) is 58.5 Å². The lowest BCUT2D eigenvalue weighted by Gasteiger charge is -2.07. The van der Waals surface area contributed by atoms with Gasteiger partial charge in [-0.05, 0) is 43.2 Å². The van der Waals surface area contributed by atoms with Gasteiger partial charge in [-0.1, -0.05) is 18.2 Å². The van der Waals surface area contributed by atoms with Gasteiger partial charge in [-0.25, -0.2) is 13.6 Å². The van der Waals surface area contributed by atoms with E-state index < -0.39 is 27.2 Å². The van der Waals surface area contributed by atoms with Crippen molar-refractivity contribution in [1.29, 1.82) is 0 Å². The van der Waals surface area contributed by atoms with Crippen LogP contribution in [-0.2, 0) is 10.0 Å². The van der Waals surface area contributed by atoms with E-state index in [1.807, 2.05) is 4.83 Å². The molecule has 1 N–H and O–H groups in total. The quantitative estimate of drug-likeness (QED) is 0.694. The molecule has 4 nitrogen and oxygen atoms in total. The number of hydrazone groups is 1. The second-order valence-corrected chi connectivity index (χ2v) is 6.39. The van der Waals surface area contributed by atoms with Crippen LogP contribution in [-0.4, -0.2) is 14.6 Å². The molecule has 0 bridgehead atoms. The highest BCUT2D eigenvalue weighted by Gasteiger charge is 2.16. The van der Waals surface area contributed by atoms with Crippen molar-refractivity contribution in [2.45, 2.75) is 18.7 Å². The minimum Gasteiger partial charge on any atom is -0.206 e. The van der Waals surface area contributed by atoms with E-state index in [-0.39, 0.29) is 4.90 Å². The molecule has 22 heavy (non-hydrogen) atoms. The van der Waals surface area contributed by atoms with Crippen molar-refractivity contribution in [3.05, 3.63) is 64.7 Å². The Morgan fingerprint density at radius 3 is 2.36 bits per heavy atom. The van der Waals surface area contributed by atoms with Crippen LogP contribution in [0.4, 0.5) is 8.78 Å². The molecule has 0 unspecified atom stereocenters. The molecule has 0 aliphatic carbocycles. The fourth-order valence-electron chi connectivity index (χ4n) is 1.84. The third-order valence-electron chi connectivity index (χ3n) is 3.00. The fourth-order valence-corrected chi connectivity index (χ4v) is 2.96. The first-order valence-electron chi connectivity index (χ1n) is 6.37. The van der Waals surface area contributed by atoms with Crippen LogP contribution in [0.5, 0.6) is 0 Å². The summed E-state index contributed by atoms with van der Waals surface area (Å²) >= 11 is 0. The smallest absolute Gasteiger partial charge is 0.206 e. The molecule has 0 saturated heterocycles. The minimum atomic E-state index is -3.90. The summed E-state index contributed by atoms with van der Waals surface area (Å²) in [5.41, 5.74) is 0.909. The van der Waals surface area contributed by atoms with Crippen LogP contribution in [0.2, 0.25) is 0 Å². The first-order valence-corrected chi connectivity index (χ1v) is 7.86. The second kappa shape index (κ2) is 6.23. The molecule has 0 aliphatic rings. The molecular weight excluding hydrogens is 310 g/mol. The number of benzene rings is 2. The number of aryl methyl sites for hydroxylation is 2. The van der Waals surface area contributed by atoms with E-state index in [4.69, 9.17) is 0 Å². The fraction of sp³-hybridized carbons (Fsp3) is 0.133. The number of sulfonamides is 1. The number of hydrogen-bond donors (Lipinski definition) is 1. The van der Waals surface area contributed by atoms with Crippen molar-refractivity contribution in [3.63, 3.8) is 0 Å². The van der Waals surface area contributed by atoms with Crippen LogP contribution in [0, 0.1) is 25.5 Å². The van der Waals surface area contributed by atoms with Gasteiger partial charge in [0.15, 0.2) is 0 Å². The van der Waals surface area contributed by atoms with Crippen LogP contribution in [0.3, 0.4) is 0 Å². The Bertz CT molecular complexity index is 813. The maximum atomic E-state index is 13.4. The molecule has 0 atom stereocenters. The van der Waals surface area contributed by atoms with Crippen molar-refractivity contribution in [2.75, 3.05) is 0 Å². The van der Waals surface area contributed by atoms with Crippen molar-refractivity contribution in [2.24, 2.45) is 5.10 Å². The van der Waals surface area contributed by atoms with E-state index in [1.165, 1.54) is 12.1 Å². The summed E-state index contributed by atoms with van der Waals surface area (Å²) in [6.07, 6.45) is 0.799. The van der Waals surface area contributed by atoms with Crippen molar-refractivity contribution in [1.82, 2.24) is 4.83 Å². The van der Waals surface area contributed by atoms with Crippen molar-refractivity contribution in [3.8, 4) is 0 Å². The van der Waals surface area contributed by atoms with Gasteiger partial charge >= 0.3 is 0 Å². The first kappa shape index (κ1) is 16.1. The zero-order valence-electron chi connectivity index (χ0n) is 12.0. The van der Waals surface area contributed by atoms with Gasteiger partial charge in [-0.3, -0.25) is 0 Å². The monoisotopic (exact) mass is 324 g/mol. The van der Waals surface area contributed by atoms with Gasteiger partial charge in [0.2, 0.25) is 0 Å². The molecular formula is C15H14F2N2O2S. The van der Waals surface area contributed by atoms with E-state index in [0.29, 0.717) is 5.56 Å². The number of hydrogen-bond acceptors (Lipinski definition) is 3. The molecule has 2 aromatic carbocycles. The third-order valence-corrected chi connectivity index (χ3v) is 4.36. The maximum Gasteiger partial charge on any atom is 0.276 e. The largest absolute Gasteiger partial charge is 0.276 e. The summed E-state index contributed by atoms with van der Waals surface area (Å²) in [7, 11) is -3.90.